The molecule has 9 nitrogen and oxygen atoms in total. The molecule has 0 atom stereocenters. The summed E-state index contributed by atoms with van der Waals surface area (Å²) in [6, 6.07) is 14.0. The van der Waals surface area contributed by atoms with E-state index in [0.29, 0.717) is 18.3 Å². The summed E-state index contributed by atoms with van der Waals surface area (Å²) in [5.74, 6) is 0.725. The van der Waals surface area contributed by atoms with Crippen LogP contribution in [0.1, 0.15) is 5.56 Å². The summed E-state index contributed by atoms with van der Waals surface area (Å²) in [6.07, 6.45) is 7.47. The lowest BCUT2D eigenvalue weighted by atomic mass is 10.2. The number of nitrogens with one attached hydrogen (secondary N) is 1. The number of halogens is 1. The van der Waals surface area contributed by atoms with Crippen molar-refractivity contribution in [2.45, 2.75) is 13.2 Å². The molecule has 4 heterocycles. The molecular formula is C19H16BrN9S. The van der Waals surface area contributed by atoms with E-state index < -0.39 is 0 Å². The standard InChI is InChI=1S/C19H16BrN9S/c20-15-10-21-29(12-15)13-28-8-6-16(25-28)18-23-24-19(30-18)22-17-7-9-27(26-17)11-14-4-2-1-3-5-14/h1-10,12H,11,13H2,(H,22,24,26). The molecule has 0 aliphatic rings. The molecular weight excluding hydrogens is 466 g/mol. The lowest BCUT2D eigenvalue weighted by Crippen LogP contribution is -2.08. The first-order valence-electron chi connectivity index (χ1n) is 9.11. The third-order valence-corrected chi connectivity index (χ3v) is 5.51. The average Bonchev–Trinajstić information content (AvgIpc) is 3.53. The SMILES string of the molecule is Brc1cnn(Cn2ccc(-c3nnc(Nc4ccn(Cc5ccccc5)n4)s3)n2)c1. The van der Waals surface area contributed by atoms with Crippen molar-refractivity contribution in [3.63, 3.8) is 0 Å². The molecule has 5 aromatic rings. The maximum Gasteiger partial charge on any atom is 0.211 e. The molecule has 0 fully saturated rings. The summed E-state index contributed by atoms with van der Waals surface area (Å²) in [5.41, 5.74) is 1.96. The molecule has 5 rings (SSSR count). The summed E-state index contributed by atoms with van der Waals surface area (Å²) < 4.78 is 6.41. The van der Waals surface area contributed by atoms with Crippen molar-refractivity contribution in [3.05, 3.63) is 77.3 Å². The second-order valence-corrected chi connectivity index (χ2v) is 8.39. The van der Waals surface area contributed by atoms with Crippen molar-refractivity contribution in [2.24, 2.45) is 0 Å². The summed E-state index contributed by atoms with van der Waals surface area (Å²) in [5, 5.41) is 26.4. The third kappa shape index (κ3) is 4.31. The fraction of sp³-hybridized carbons (Fsp3) is 0.105. The number of hydrogen-bond donors (Lipinski definition) is 1. The highest BCUT2D eigenvalue weighted by molar-refractivity contribution is 9.10. The van der Waals surface area contributed by atoms with Crippen LogP contribution in [-0.4, -0.2) is 39.5 Å². The van der Waals surface area contributed by atoms with Crippen LogP contribution in [0.5, 0.6) is 0 Å². The Morgan fingerprint density at radius 2 is 1.80 bits per heavy atom. The molecule has 0 unspecified atom stereocenters. The van der Waals surface area contributed by atoms with Crippen molar-refractivity contribution in [1.82, 2.24) is 39.5 Å². The Bertz CT molecular complexity index is 1250. The van der Waals surface area contributed by atoms with Crippen molar-refractivity contribution in [2.75, 3.05) is 5.32 Å². The minimum absolute atomic E-state index is 0.522. The van der Waals surface area contributed by atoms with Gasteiger partial charge in [0.25, 0.3) is 0 Å². The maximum atomic E-state index is 4.56. The van der Waals surface area contributed by atoms with Gasteiger partial charge in [0.15, 0.2) is 10.8 Å². The second-order valence-electron chi connectivity index (χ2n) is 6.50. The summed E-state index contributed by atoms with van der Waals surface area (Å²) in [7, 11) is 0. The molecule has 11 heteroatoms. The van der Waals surface area contributed by atoms with Gasteiger partial charge in [-0.2, -0.15) is 15.3 Å². The van der Waals surface area contributed by atoms with Gasteiger partial charge in [-0.3, -0.25) is 9.36 Å². The van der Waals surface area contributed by atoms with Gasteiger partial charge in [-0.05, 0) is 27.6 Å². The largest absolute Gasteiger partial charge is 0.313 e. The number of anilines is 2. The normalized spacial score (nSPS) is 11.1. The zero-order chi connectivity index (χ0) is 20.3. The van der Waals surface area contributed by atoms with Crippen LogP contribution in [0.25, 0.3) is 10.7 Å². The number of benzene rings is 1. The van der Waals surface area contributed by atoms with Gasteiger partial charge in [0, 0.05) is 24.7 Å². The Hall–Kier alpha value is -3.31. The van der Waals surface area contributed by atoms with Crippen LogP contribution >= 0.6 is 27.3 Å². The van der Waals surface area contributed by atoms with E-state index in [1.807, 2.05) is 53.6 Å². The maximum absolute atomic E-state index is 4.56. The molecule has 0 saturated heterocycles. The number of nitrogens with zero attached hydrogens (tertiary/aromatic N) is 8. The van der Waals surface area contributed by atoms with Crippen molar-refractivity contribution in [1.29, 1.82) is 0 Å². The first-order chi connectivity index (χ1) is 14.7. The van der Waals surface area contributed by atoms with E-state index in [4.69, 9.17) is 0 Å². The zero-order valence-electron chi connectivity index (χ0n) is 15.6. The molecule has 1 aromatic carbocycles. The van der Waals surface area contributed by atoms with E-state index in [0.717, 1.165) is 21.0 Å². The molecule has 0 bridgehead atoms. The van der Waals surface area contributed by atoms with Crippen molar-refractivity contribution < 1.29 is 0 Å². The fourth-order valence-corrected chi connectivity index (χ4v) is 3.94. The van der Waals surface area contributed by atoms with E-state index in [9.17, 15) is 0 Å². The van der Waals surface area contributed by atoms with E-state index in [1.54, 1.807) is 15.6 Å². The summed E-state index contributed by atoms with van der Waals surface area (Å²) >= 11 is 4.82. The molecule has 0 saturated carbocycles. The van der Waals surface area contributed by atoms with E-state index in [1.165, 1.54) is 16.9 Å². The number of hydrogen-bond acceptors (Lipinski definition) is 7. The zero-order valence-corrected chi connectivity index (χ0v) is 18.0. The van der Waals surface area contributed by atoms with Crippen LogP contribution in [0.2, 0.25) is 0 Å². The average molecular weight is 482 g/mol. The van der Waals surface area contributed by atoms with Gasteiger partial charge in [0.1, 0.15) is 12.4 Å². The van der Waals surface area contributed by atoms with Crippen LogP contribution in [0.4, 0.5) is 10.9 Å². The molecule has 0 radical (unpaired) electrons. The Morgan fingerprint density at radius 1 is 0.933 bits per heavy atom. The van der Waals surface area contributed by atoms with Crippen molar-refractivity contribution >= 4 is 38.2 Å². The Labute approximate surface area is 184 Å². The molecule has 0 aliphatic carbocycles. The van der Waals surface area contributed by atoms with Gasteiger partial charge in [-0.25, -0.2) is 4.68 Å². The summed E-state index contributed by atoms with van der Waals surface area (Å²) in [6.45, 7) is 1.24. The minimum Gasteiger partial charge on any atom is -0.313 e. The molecule has 150 valence electrons. The highest BCUT2D eigenvalue weighted by Gasteiger charge is 2.11. The van der Waals surface area contributed by atoms with Gasteiger partial charge in [0.2, 0.25) is 5.13 Å². The van der Waals surface area contributed by atoms with E-state index in [2.05, 4.69) is 58.9 Å². The minimum atomic E-state index is 0.522. The van der Waals surface area contributed by atoms with Gasteiger partial charge < -0.3 is 5.32 Å². The van der Waals surface area contributed by atoms with Crippen LogP contribution in [-0.2, 0) is 13.2 Å². The van der Waals surface area contributed by atoms with Crippen LogP contribution in [0.3, 0.4) is 0 Å². The summed E-state index contributed by atoms with van der Waals surface area (Å²) in [4.78, 5) is 0. The predicted octanol–water partition coefficient (Wildman–Crippen LogP) is 3.85. The predicted molar refractivity (Wildman–Crippen MR) is 118 cm³/mol. The number of rotatable bonds is 7. The Morgan fingerprint density at radius 3 is 2.63 bits per heavy atom. The first-order valence-corrected chi connectivity index (χ1v) is 10.7. The van der Waals surface area contributed by atoms with Crippen LogP contribution in [0.15, 0.2) is 71.7 Å². The monoisotopic (exact) mass is 481 g/mol. The molecule has 4 aromatic heterocycles. The van der Waals surface area contributed by atoms with E-state index >= 15 is 0 Å². The van der Waals surface area contributed by atoms with Gasteiger partial charge in [-0.15, -0.1) is 10.2 Å². The third-order valence-electron chi connectivity index (χ3n) is 4.24. The van der Waals surface area contributed by atoms with E-state index in [-0.39, 0.29) is 0 Å². The Kier molecular flexibility index (Phi) is 5.11. The van der Waals surface area contributed by atoms with Gasteiger partial charge in [0.05, 0.1) is 17.2 Å². The lowest BCUT2D eigenvalue weighted by molar-refractivity contribution is 0.504. The fourth-order valence-electron chi connectivity index (χ4n) is 2.89. The van der Waals surface area contributed by atoms with Crippen molar-refractivity contribution in [3.8, 4) is 10.7 Å². The van der Waals surface area contributed by atoms with Crippen LogP contribution in [0, 0.1) is 0 Å². The smallest absolute Gasteiger partial charge is 0.211 e. The van der Waals surface area contributed by atoms with Gasteiger partial charge >= 0.3 is 0 Å². The van der Waals surface area contributed by atoms with Gasteiger partial charge in [-0.1, -0.05) is 41.7 Å². The second kappa shape index (κ2) is 8.20. The molecule has 0 aliphatic heterocycles. The number of aromatic nitrogens is 8. The first kappa shape index (κ1) is 18.7. The highest BCUT2D eigenvalue weighted by atomic mass is 79.9. The molecule has 30 heavy (non-hydrogen) atoms. The quantitative estimate of drug-likeness (QED) is 0.379. The molecule has 0 amide bonds. The molecule has 0 spiro atoms. The lowest BCUT2D eigenvalue weighted by Gasteiger charge is -2.01. The highest BCUT2D eigenvalue weighted by Crippen LogP contribution is 2.26. The Balaban J connectivity index is 1.24. The topological polar surface area (TPSA) is 91.3 Å². The molecule has 1 N–H and O–H groups in total. The van der Waals surface area contributed by atoms with Crippen LogP contribution < -0.4 is 5.32 Å².